The highest BCUT2D eigenvalue weighted by Crippen LogP contribution is 2.27. The lowest BCUT2D eigenvalue weighted by Gasteiger charge is -2.47. The molecule has 2 aliphatic heterocycles. The maximum Gasteiger partial charge on any atom is 0.410 e. The molecule has 0 saturated carbocycles. The number of carbonyl (C=O) groups is 3. The van der Waals surface area contributed by atoms with Crippen molar-refractivity contribution in [3.05, 3.63) is 0 Å². The van der Waals surface area contributed by atoms with E-state index in [9.17, 15) is 14.4 Å². The van der Waals surface area contributed by atoms with Gasteiger partial charge in [0.1, 0.15) is 17.7 Å². The lowest BCUT2D eigenvalue weighted by molar-refractivity contribution is -0.154. The molecule has 2 fully saturated rings. The van der Waals surface area contributed by atoms with Gasteiger partial charge in [-0.25, -0.2) is 4.79 Å². The van der Waals surface area contributed by atoms with Crippen molar-refractivity contribution in [1.82, 2.24) is 15.1 Å². The van der Waals surface area contributed by atoms with Crippen LogP contribution in [0.4, 0.5) is 4.79 Å². The summed E-state index contributed by atoms with van der Waals surface area (Å²) in [5.74, 6) is -0.198. The zero-order valence-corrected chi connectivity index (χ0v) is 20.8. The van der Waals surface area contributed by atoms with Gasteiger partial charge < -0.3 is 15.0 Å². The molecule has 2 saturated heterocycles. The van der Waals surface area contributed by atoms with Crippen LogP contribution in [0, 0.1) is 0 Å². The Labute approximate surface area is 194 Å². The van der Waals surface area contributed by atoms with Crippen molar-refractivity contribution < 1.29 is 19.1 Å². The first-order valence-corrected chi connectivity index (χ1v) is 12.8. The first kappa shape index (κ1) is 26.5. The first-order valence-electron chi connectivity index (χ1n) is 12.8. The Bertz CT molecular complexity index is 617. The second kappa shape index (κ2) is 13.0. The molecule has 0 aromatic carbocycles. The Balaban J connectivity index is 1.59. The van der Waals surface area contributed by atoms with Gasteiger partial charge in [0.25, 0.3) is 0 Å². The lowest BCUT2D eigenvalue weighted by Crippen LogP contribution is -2.66. The smallest absolute Gasteiger partial charge is 0.410 e. The number of hydrogen-bond acceptors (Lipinski definition) is 4. The van der Waals surface area contributed by atoms with Crippen LogP contribution in [0.15, 0.2) is 0 Å². The Kier molecular flexibility index (Phi) is 10.8. The molecule has 0 spiro atoms. The number of ether oxygens (including phenoxy) is 1. The SMILES string of the molecule is CCCCCCCCCCCCNC(=O)C1CCN1C(=O)C1CCN1C(=O)OC(C)(C)C. The summed E-state index contributed by atoms with van der Waals surface area (Å²) in [4.78, 5) is 40.8. The summed E-state index contributed by atoms with van der Waals surface area (Å²) in [7, 11) is 0. The van der Waals surface area contributed by atoms with E-state index in [4.69, 9.17) is 4.74 Å². The normalized spacial score (nSPS) is 20.4. The Hall–Kier alpha value is -1.79. The van der Waals surface area contributed by atoms with Crippen LogP contribution in [0.3, 0.4) is 0 Å². The predicted octanol–water partition coefficient (Wildman–Crippen LogP) is 4.63. The zero-order chi connectivity index (χ0) is 23.6. The van der Waals surface area contributed by atoms with E-state index in [2.05, 4.69) is 12.2 Å². The Morgan fingerprint density at radius 3 is 1.81 bits per heavy atom. The van der Waals surface area contributed by atoms with Gasteiger partial charge >= 0.3 is 6.09 Å². The van der Waals surface area contributed by atoms with Crippen LogP contribution in [0.2, 0.25) is 0 Å². The molecule has 184 valence electrons. The Morgan fingerprint density at radius 1 is 0.812 bits per heavy atom. The molecule has 0 aromatic rings. The maximum atomic E-state index is 12.9. The largest absolute Gasteiger partial charge is 0.444 e. The van der Waals surface area contributed by atoms with Gasteiger partial charge in [-0.05, 0) is 40.0 Å². The average Bonchev–Trinajstić information content (AvgIpc) is 2.62. The molecule has 0 aliphatic carbocycles. The number of likely N-dealkylation sites (tertiary alicyclic amines) is 2. The second-order valence-corrected chi connectivity index (χ2v) is 10.3. The van der Waals surface area contributed by atoms with Crippen LogP contribution >= 0.6 is 0 Å². The van der Waals surface area contributed by atoms with E-state index in [1.165, 1.54) is 56.3 Å². The molecule has 2 unspecified atom stereocenters. The van der Waals surface area contributed by atoms with Crippen LogP contribution in [-0.4, -0.2) is 65.0 Å². The number of hydrogen-bond donors (Lipinski definition) is 1. The third kappa shape index (κ3) is 8.28. The van der Waals surface area contributed by atoms with Crippen LogP contribution in [0.5, 0.6) is 0 Å². The summed E-state index contributed by atoms with van der Waals surface area (Å²) in [5.41, 5.74) is -0.589. The minimum atomic E-state index is -0.589. The summed E-state index contributed by atoms with van der Waals surface area (Å²) >= 11 is 0. The fraction of sp³-hybridized carbons (Fsp3) is 0.880. The molecule has 7 heteroatoms. The van der Waals surface area contributed by atoms with Crippen LogP contribution in [0.1, 0.15) is 105 Å². The number of nitrogens with zero attached hydrogens (tertiary/aromatic N) is 2. The zero-order valence-electron chi connectivity index (χ0n) is 20.8. The summed E-state index contributed by atoms with van der Waals surface area (Å²) < 4.78 is 5.39. The number of amides is 3. The van der Waals surface area contributed by atoms with Crippen molar-refractivity contribution in [2.75, 3.05) is 19.6 Å². The molecule has 2 aliphatic rings. The van der Waals surface area contributed by atoms with Crippen molar-refractivity contribution >= 4 is 17.9 Å². The van der Waals surface area contributed by atoms with Crippen LogP contribution in [-0.2, 0) is 14.3 Å². The summed E-state index contributed by atoms with van der Waals surface area (Å²) in [6.45, 7) is 9.45. The molecule has 2 atom stereocenters. The highest BCUT2D eigenvalue weighted by molar-refractivity contribution is 5.93. The third-order valence-corrected chi connectivity index (χ3v) is 6.37. The highest BCUT2D eigenvalue weighted by atomic mass is 16.6. The van der Waals surface area contributed by atoms with E-state index in [-0.39, 0.29) is 11.8 Å². The first-order chi connectivity index (χ1) is 15.2. The molecule has 2 heterocycles. The predicted molar refractivity (Wildman–Crippen MR) is 126 cm³/mol. The number of rotatable bonds is 13. The van der Waals surface area contributed by atoms with Crippen molar-refractivity contribution in [3.63, 3.8) is 0 Å². The standard InChI is InChI=1S/C25H45N3O4/c1-5-6-7-8-9-10-11-12-13-14-17-26-22(29)20-15-18-27(20)23(30)21-16-19-28(21)24(31)32-25(2,3)4/h20-21H,5-19H2,1-4H3,(H,26,29). The average molecular weight is 452 g/mol. The molecule has 3 amide bonds. The van der Waals surface area contributed by atoms with E-state index in [1.54, 1.807) is 4.90 Å². The van der Waals surface area contributed by atoms with Crippen molar-refractivity contribution in [2.24, 2.45) is 0 Å². The molecular weight excluding hydrogens is 406 g/mol. The third-order valence-electron chi connectivity index (χ3n) is 6.37. The van der Waals surface area contributed by atoms with E-state index < -0.39 is 23.8 Å². The molecular formula is C25H45N3O4. The molecule has 2 rings (SSSR count). The summed E-state index contributed by atoms with van der Waals surface area (Å²) in [6.07, 6.45) is 13.5. The summed E-state index contributed by atoms with van der Waals surface area (Å²) in [5, 5.41) is 3.00. The lowest BCUT2D eigenvalue weighted by atomic mass is 9.96. The molecule has 0 radical (unpaired) electrons. The number of carbonyl (C=O) groups excluding carboxylic acids is 3. The van der Waals surface area contributed by atoms with Gasteiger partial charge in [-0.2, -0.15) is 0 Å². The van der Waals surface area contributed by atoms with Gasteiger partial charge in [0, 0.05) is 19.6 Å². The van der Waals surface area contributed by atoms with E-state index in [0.29, 0.717) is 32.5 Å². The van der Waals surface area contributed by atoms with Crippen molar-refractivity contribution in [1.29, 1.82) is 0 Å². The van der Waals surface area contributed by atoms with Gasteiger partial charge in [-0.15, -0.1) is 0 Å². The van der Waals surface area contributed by atoms with E-state index in [0.717, 1.165) is 12.8 Å². The molecule has 0 bridgehead atoms. The van der Waals surface area contributed by atoms with Gasteiger partial charge in [-0.1, -0.05) is 64.7 Å². The van der Waals surface area contributed by atoms with Gasteiger partial charge in [0.05, 0.1) is 0 Å². The minimum absolute atomic E-state index is 0.0661. The molecule has 0 aromatic heterocycles. The van der Waals surface area contributed by atoms with Gasteiger partial charge in [0.15, 0.2) is 0 Å². The molecule has 7 nitrogen and oxygen atoms in total. The monoisotopic (exact) mass is 451 g/mol. The van der Waals surface area contributed by atoms with Gasteiger partial charge in [0.2, 0.25) is 11.8 Å². The highest BCUT2D eigenvalue weighted by Gasteiger charge is 2.46. The summed E-state index contributed by atoms with van der Waals surface area (Å²) in [6, 6.07) is -0.894. The van der Waals surface area contributed by atoms with Crippen molar-refractivity contribution in [2.45, 2.75) is 122 Å². The fourth-order valence-corrected chi connectivity index (χ4v) is 4.24. The van der Waals surface area contributed by atoms with Gasteiger partial charge in [-0.3, -0.25) is 14.5 Å². The molecule has 32 heavy (non-hydrogen) atoms. The number of unbranched alkanes of at least 4 members (excludes halogenated alkanes) is 9. The topological polar surface area (TPSA) is 79.0 Å². The maximum absolute atomic E-state index is 12.9. The van der Waals surface area contributed by atoms with E-state index >= 15 is 0 Å². The molecule has 1 N–H and O–H groups in total. The Morgan fingerprint density at radius 2 is 1.34 bits per heavy atom. The van der Waals surface area contributed by atoms with Crippen LogP contribution in [0.25, 0.3) is 0 Å². The number of nitrogens with one attached hydrogen (secondary N) is 1. The minimum Gasteiger partial charge on any atom is -0.444 e. The van der Waals surface area contributed by atoms with Crippen molar-refractivity contribution in [3.8, 4) is 0 Å². The van der Waals surface area contributed by atoms with Crippen LogP contribution < -0.4 is 5.32 Å². The fourth-order valence-electron chi connectivity index (χ4n) is 4.24. The second-order valence-electron chi connectivity index (χ2n) is 10.3. The quantitative estimate of drug-likeness (QED) is 0.414. The van der Waals surface area contributed by atoms with E-state index in [1.807, 2.05) is 20.8 Å².